The first kappa shape index (κ1) is 12.9. The van der Waals surface area contributed by atoms with E-state index in [9.17, 15) is 0 Å². The van der Waals surface area contributed by atoms with E-state index in [1.54, 1.807) is 0 Å². The monoisotopic (exact) mass is 215 g/mol. The molecule has 15 heavy (non-hydrogen) atoms. The molecule has 0 spiro atoms. The summed E-state index contributed by atoms with van der Waals surface area (Å²) >= 11 is 0. The molecule has 1 aliphatic heterocycles. The molecular formula is C12H25NO2. The van der Waals surface area contributed by atoms with E-state index >= 15 is 0 Å². The first-order chi connectivity index (χ1) is 7.08. The third-order valence-electron chi connectivity index (χ3n) is 2.65. The van der Waals surface area contributed by atoms with Gasteiger partial charge in [-0.15, -0.1) is 0 Å². The van der Waals surface area contributed by atoms with Gasteiger partial charge in [0.25, 0.3) is 0 Å². The summed E-state index contributed by atoms with van der Waals surface area (Å²) in [5.74, 6) is 0. The van der Waals surface area contributed by atoms with Crippen LogP contribution in [0.2, 0.25) is 0 Å². The van der Waals surface area contributed by atoms with E-state index in [-0.39, 0.29) is 0 Å². The van der Waals surface area contributed by atoms with E-state index in [0.717, 1.165) is 52.5 Å². The summed E-state index contributed by atoms with van der Waals surface area (Å²) in [6, 6.07) is 0. The van der Waals surface area contributed by atoms with Crippen LogP contribution < -0.4 is 0 Å². The Labute approximate surface area is 93.7 Å². The van der Waals surface area contributed by atoms with Crippen molar-refractivity contribution >= 4 is 0 Å². The van der Waals surface area contributed by atoms with Gasteiger partial charge in [0.1, 0.15) is 0 Å². The van der Waals surface area contributed by atoms with Crippen molar-refractivity contribution in [1.29, 1.82) is 0 Å². The van der Waals surface area contributed by atoms with Crippen molar-refractivity contribution in [2.75, 3.05) is 46.1 Å². The lowest BCUT2D eigenvalue weighted by Crippen LogP contribution is -2.38. The highest BCUT2D eigenvalue weighted by molar-refractivity contribution is 4.62. The van der Waals surface area contributed by atoms with Gasteiger partial charge in [0.15, 0.2) is 0 Å². The second kappa shape index (κ2) is 6.46. The first-order valence-electron chi connectivity index (χ1n) is 5.96. The fourth-order valence-electron chi connectivity index (χ4n) is 1.50. The van der Waals surface area contributed by atoms with Gasteiger partial charge in [0.2, 0.25) is 0 Å². The lowest BCUT2D eigenvalue weighted by atomic mass is 9.93. The second-order valence-corrected chi connectivity index (χ2v) is 5.38. The van der Waals surface area contributed by atoms with Gasteiger partial charge >= 0.3 is 0 Å². The molecule has 0 saturated carbocycles. The molecular weight excluding hydrogens is 190 g/mol. The van der Waals surface area contributed by atoms with Crippen molar-refractivity contribution in [3.05, 3.63) is 0 Å². The SMILES string of the molecule is CC(C)(C)CCOCCN1CCOCC1. The van der Waals surface area contributed by atoms with Crippen LogP contribution in [0.15, 0.2) is 0 Å². The lowest BCUT2D eigenvalue weighted by molar-refractivity contribution is 0.0178. The molecule has 0 aromatic carbocycles. The Balaban J connectivity index is 1.92. The van der Waals surface area contributed by atoms with Crippen LogP contribution in [0, 0.1) is 5.41 Å². The Morgan fingerprint density at radius 2 is 1.80 bits per heavy atom. The van der Waals surface area contributed by atoms with Crippen LogP contribution in [0.4, 0.5) is 0 Å². The highest BCUT2D eigenvalue weighted by atomic mass is 16.5. The average molecular weight is 215 g/mol. The molecule has 0 aromatic heterocycles. The third kappa shape index (κ3) is 6.88. The summed E-state index contributed by atoms with van der Waals surface area (Å²) in [5.41, 5.74) is 0.388. The molecule has 90 valence electrons. The van der Waals surface area contributed by atoms with Crippen molar-refractivity contribution < 1.29 is 9.47 Å². The molecule has 3 nitrogen and oxygen atoms in total. The molecule has 0 aromatic rings. The molecule has 0 unspecified atom stereocenters. The Morgan fingerprint density at radius 1 is 1.13 bits per heavy atom. The van der Waals surface area contributed by atoms with E-state index in [1.165, 1.54) is 0 Å². The highest BCUT2D eigenvalue weighted by Crippen LogP contribution is 2.17. The van der Waals surface area contributed by atoms with Crippen LogP contribution in [0.5, 0.6) is 0 Å². The molecule has 1 heterocycles. The maximum absolute atomic E-state index is 5.63. The van der Waals surface area contributed by atoms with Crippen molar-refractivity contribution in [2.24, 2.45) is 5.41 Å². The van der Waals surface area contributed by atoms with Crippen molar-refractivity contribution in [3.63, 3.8) is 0 Å². The van der Waals surface area contributed by atoms with Gasteiger partial charge in [-0.25, -0.2) is 0 Å². The fourth-order valence-corrected chi connectivity index (χ4v) is 1.50. The minimum Gasteiger partial charge on any atom is -0.380 e. The van der Waals surface area contributed by atoms with Crippen LogP contribution in [0.1, 0.15) is 27.2 Å². The van der Waals surface area contributed by atoms with Gasteiger partial charge in [-0.05, 0) is 11.8 Å². The van der Waals surface area contributed by atoms with E-state index < -0.39 is 0 Å². The average Bonchev–Trinajstić information content (AvgIpc) is 2.17. The van der Waals surface area contributed by atoms with Crippen LogP contribution in [0.3, 0.4) is 0 Å². The minimum absolute atomic E-state index is 0.388. The summed E-state index contributed by atoms with van der Waals surface area (Å²) in [7, 11) is 0. The molecule has 3 heteroatoms. The van der Waals surface area contributed by atoms with Gasteiger partial charge in [-0.1, -0.05) is 20.8 Å². The molecule has 0 aliphatic carbocycles. The Hall–Kier alpha value is -0.120. The zero-order chi connectivity index (χ0) is 11.1. The lowest BCUT2D eigenvalue weighted by Gasteiger charge is -2.26. The van der Waals surface area contributed by atoms with Crippen molar-refractivity contribution in [1.82, 2.24) is 4.90 Å². The molecule has 0 radical (unpaired) electrons. The van der Waals surface area contributed by atoms with Gasteiger partial charge in [-0.3, -0.25) is 4.90 Å². The summed E-state index contributed by atoms with van der Waals surface area (Å²) < 4.78 is 10.9. The molecule has 0 N–H and O–H groups in total. The van der Waals surface area contributed by atoms with E-state index in [2.05, 4.69) is 25.7 Å². The largest absolute Gasteiger partial charge is 0.380 e. The maximum Gasteiger partial charge on any atom is 0.0594 e. The molecule has 0 atom stereocenters. The molecule has 1 aliphatic rings. The highest BCUT2D eigenvalue weighted by Gasteiger charge is 2.11. The van der Waals surface area contributed by atoms with Crippen LogP contribution in [-0.4, -0.2) is 51.0 Å². The molecule has 0 bridgehead atoms. The fraction of sp³-hybridized carbons (Fsp3) is 1.00. The van der Waals surface area contributed by atoms with E-state index in [0.29, 0.717) is 5.41 Å². The number of hydrogen-bond donors (Lipinski definition) is 0. The van der Waals surface area contributed by atoms with E-state index in [1.807, 2.05) is 0 Å². The molecule has 1 fully saturated rings. The van der Waals surface area contributed by atoms with Crippen LogP contribution >= 0.6 is 0 Å². The molecule has 1 saturated heterocycles. The van der Waals surface area contributed by atoms with Gasteiger partial charge in [0, 0.05) is 26.2 Å². The smallest absolute Gasteiger partial charge is 0.0594 e. The van der Waals surface area contributed by atoms with Gasteiger partial charge in [-0.2, -0.15) is 0 Å². The first-order valence-corrected chi connectivity index (χ1v) is 5.96. The number of hydrogen-bond acceptors (Lipinski definition) is 3. The maximum atomic E-state index is 5.63. The Kier molecular flexibility index (Phi) is 5.58. The zero-order valence-corrected chi connectivity index (χ0v) is 10.4. The predicted molar refractivity (Wildman–Crippen MR) is 62.2 cm³/mol. The van der Waals surface area contributed by atoms with E-state index in [4.69, 9.17) is 9.47 Å². The topological polar surface area (TPSA) is 21.7 Å². The molecule has 0 amide bonds. The van der Waals surface area contributed by atoms with Crippen LogP contribution in [-0.2, 0) is 9.47 Å². The third-order valence-corrected chi connectivity index (χ3v) is 2.65. The van der Waals surface area contributed by atoms with Gasteiger partial charge in [0.05, 0.1) is 19.8 Å². The Bertz CT molecular complexity index is 159. The van der Waals surface area contributed by atoms with Crippen LogP contribution in [0.25, 0.3) is 0 Å². The molecule has 1 rings (SSSR count). The summed E-state index contributed by atoms with van der Waals surface area (Å²) in [6.07, 6.45) is 1.14. The normalized spacial score (nSPS) is 19.4. The summed E-state index contributed by atoms with van der Waals surface area (Å²) in [5, 5.41) is 0. The van der Waals surface area contributed by atoms with Gasteiger partial charge < -0.3 is 9.47 Å². The minimum atomic E-state index is 0.388. The quantitative estimate of drug-likeness (QED) is 0.652. The number of ether oxygens (including phenoxy) is 2. The number of morpholine rings is 1. The van der Waals surface area contributed by atoms with Crippen molar-refractivity contribution in [3.8, 4) is 0 Å². The Morgan fingerprint density at radius 3 is 2.40 bits per heavy atom. The zero-order valence-electron chi connectivity index (χ0n) is 10.4. The summed E-state index contributed by atoms with van der Waals surface area (Å²) in [6.45, 7) is 13.4. The van der Waals surface area contributed by atoms with Crippen molar-refractivity contribution in [2.45, 2.75) is 27.2 Å². The number of nitrogens with zero attached hydrogens (tertiary/aromatic N) is 1. The standard InChI is InChI=1S/C12H25NO2/c1-12(2,3)4-8-14-9-5-13-6-10-15-11-7-13/h4-11H2,1-3H3. The second-order valence-electron chi connectivity index (χ2n) is 5.38. The predicted octanol–water partition coefficient (Wildman–Crippen LogP) is 1.77. The summed E-state index contributed by atoms with van der Waals surface area (Å²) in [4.78, 5) is 2.40. The number of rotatable bonds is 5.